The lowest BCUT2D eigenvalue weighted by atomic mass is 10.1. The SMILES string of the molecule is CCCCCCCCCCCCOC(=O)/C=C/C(=O)OCC=C(C)C. The molecule has 0 bridgehead atoms. The highest BCUT2D eigenvalue weighted by molar-refractivity contribution is 5.91. The van der Waals surface area contributed by atoms with Crippen molar-refractivity contribution < 1.29 is 19.1 Å². The average molecular weight is 353 g/mol. The molecule has 0 atom stereocenters. The Balaban J connectivity index is 3.47. The van der Waals surface area contributed by atoms with E-state index in [2.05, 4.69) is 6.92 Å². The Hall–Kier alpha value is -1.58. The molecule has 0 rings (SSSR count). The molecule has 0 saturated heterocycles. The fourth-order valence-corrected chi connectivity index (χ4v) is 2.29. The minimum absolute atomic E-state index is 0.221. The Kier molecular flexibility index (Phi) is 16.2. The number of carbonyl (C=O) groups is 2. The third-order valence-electron chi connectivity index (χ3n) is 3.81. The minimum Gasteiger partial charge on any atom is -0.463 e. The van der Waals surface area contributed by atoms with Crippen LogP contribution in [0.15, 0.2) is 23.8 Å². The van der Waals surface area contributed by atoms with E-state index in [1.165, 1.54) is 51.4 Å². The topological polar surface area (TPSA) is 52.6 Å². The normalized spacial score (nSPS) is 10.7. The molecule has 0 aliphatic carbocycles. The highest BCUT2D eigenvalue weighted by Gasteiger charge is 2.00. The Morgan fingerprint density at radius 1 is 0.720 bits per heavy atom. The second-order valence-corrected chi connectivity index (χ2v) is 6.59. The lowest BCUT2D eigenvalue weighted by molar-refractivity contribution is -0.140. The third-order valence-corrected chi connectivity index (χ3v) is 3.81. The molecule has 0 N–H and O–H groups in total. The molecule has 0 aromatic heterocycles. The second-order valence-electron chi connectivity index (χ2n) is 6.59. The van der Waals surface area contributed by atoms with Crippen LogP contribution in [0.2, 0.25) is 0 Å². The van der Waals surface area contributed by atoms with Crippen molar-refractivity contribution in [1.82, 2.24) is 0 Å². The van der Waals surface area contributed by atoms with Crippen LogP contribution in [0.25, 0.3) is 0 Å². The fraction of sp³-hybridized carbons (Fsp3) is 0.714. The van der Waals surface area contributed by atoms with Gasteiger partial charge in [0, 0.05) is 12.2 Å². The molecule has 0 aliphatic heterocycles. The molecule has 0 aromatic carbocycles. The van der Waals surface area contributed by atoms with Crippen LogP contribution in [0, 0.1) is 0 Å². The maximum Gasteiger partial charge on any atom is 0.331 e. The number of hydrogen-bond donors (Lipinski definition) is 0. The van der Waals surface area contributed by atoms with Crippen molar-refractivity contribution in [2.24, 2.45) is 0 Å². The van der Waals surface area contributed by atoms with Crippen molar-refractivity contribution in [2.75, 3.05) is 13.2 Å². The smallest absolute Gasteiger partial charge is 0.331 e. The van der Waals surface area contributed by atoms with Crippen LogP contribution in [0.1, 0.15) is 85.0 Å². The molecule has 0 radical (unpaired) electrons. The summed E-state index contributed by atoms with van der Waals surface area (Å²) in [5.41, 5.74) is 1.08. The number of carbonyl (C=O) groups excluding carboxylic acids is 2. The van der Waals surface area contributed by atoms with Gasteiger partial charge in [-0.05, 0) is 26.3 Å². The highest BCUT2D eigenvalue weighted by Crippen LogP contribution is 2.10. The first-order valence-corrected chi connectivity index (χ1v) is 9.71. The van der Waals surface area contributed by atoms with Crippen molar-refractivity contribution in [2.45, 2.75) is 85.0 Å². The molecular formula is C21H36O4. The maximum atomic E-state index is 11.5. The van der Waals surface area contributed by atoms with Gasteiger partial charge in [0.25, 0.3) is 0 Å². The first-order valence-electron chi connectivity index (χ1n) is 9.71. The van der Waals surface area contributed by atoms with Gasteiger partial charge in [0.05, 0.1) is 6.61 Å². The van der Waals surface area contributed by atoms with Gasteiger partial charge in [-0.2, -0.15) is 0 Å². The lowest BCUT2D eigenvalue weighted by Gasteiger charge is -2.03. The van der Waals surface area contributed by atoms with Gasteiger partial charge in [0.2, 0.25) is 0 Å². The quantitative estimate of drug-likeness (QED) is 0.169. The van der Waals surface area contributed by atoms with Crippen LogP contribution in [0.3, 0.4) is 0 Å². The minimum atomic E-state index is -0.534. The van der Waals surface area contributed by atoms with Crippen molar-refractivity contribution >= 4 is 11.9 Å². The summed E-state index contributed by atoms with van der Waals surface area (Å²) < 4.78 is 9.97. The first kappa shape index (κ1) is 23.4. The van der Waals surface area contributed by atoms with Gasteiger partial charge in [-0.1, -0.05) is 70.3 Å². The predicted molar refractivity (Wildman–Crippen MR) is 102 cm³/mol. The van der Waals surface area contributed by atoms with Gasteiger partial charge in [-0.15, -0.1) is 0 Å². The van der Waals surface area contributed by atoms with Gasteiger partial charge >= 0.3 is 11.9 Å². The monoisotopic (exact) mass is 352 g/mol. The van der Waals surface area contributed by atoms with Crippen LogP contribution in [-0.2, 0) is 19.1 Å². The van der Waals surface area contributed by atoms with E-state index in [4.69, 9.17) is 9.47 Å². The first-order chi connectivity index (χ1) is 12.1. The van der Waals surface area contributed by atoms with Crippen molar-refractivity contribution in [3.8, 4) is 0 Å². The van der Waals surface area contributed by atoms with Crippen molar-refractivity contribution in [3.05, 3.63) is 23.8 Å². The molecule has 0 unspecified atom stereocenters. The molecule has 0 aliphatic rings. The van der Waals surface area contributed by atoms with E-state index in [-0.39, 0.29) is 6.61 Å². The van der Waals surface area contributed by atoms with Gasteiger partial charge in [0.15, 0.2) is 0 Å². The second kappa shape index (κ2) is 17.2. The van der Waals surface area contributed by atoms with Gasteiger partial charge in [-0.25, -0.2) is 9.59 Å². The molecule has 0 saturated carbocycles. The third kappa shape index (κ3) is 18.6. The number of allylic oxidation sites excluding steroid dienone is 1. The molecular weight excluding hydrogens is 316 g/mol. The number of rotatable bonds is 15. The van der Waals surface area contributed by atoms with E-state index >= 15 is 0 Å². The van der Waals surface area contributed by atoms with Crippen molar-refractivity contribution in [1.29, 1.82) is 0 Å². The molecule has 25 heavy (non-hydrogen) atoms. The van der Waals surface area contributed by atoms with Crippen LogP contribution in [0.4, 0.5) is 0 Å². The Morgan fingerprint density at radius 2 is 1.20 bits per heavy atom. The van der Waals surface area contributed by atoms with E-state index in [9.17, 15) is 9.59 Å². The number of ether oxygens (including phenoxy) is 2. The fourth-order valence-electron chi connectivity index (χ4n) is 2.29. The molecule has 0 amide bonds. The summed E-state index contributed by atoms with van der Waals surface area (Å²) in [6.07, 6.45) is 16.5. The van der Waals surface area contributed by atoms with Gasteiger partial charge in [0.1, 0.15) is 6.61 Å². The average Bonchev–Trinajstić information content (AvgIpc) is 2.57. The standard InChI is InChI=1S/C21H36O4/c1-4-5-6-7-8-9-10-11-12-13-17-24-20(22)14-15-21(23)25-18-16-19(2)3/h14-16H,4-13,17-18H2,1-3H3/b15-14+. The van der Waals surface area contributed by atoms with Crippen LogP contribution >= 0.6 is 0 Å². The summed E-state index contributed by atoms with van der Waals surface area (Å²) in [5, 5.41) is 0. The summed E-state index contributed by atoms with van der Waals surface area (Å²) in [6.45, 7) is 6.72. The largest absolute Gasteiger partial charge is 0.463 e. The lowest BCUT2D eigenvalue weighted by Crippen LogP contribution is -2.05. The summed E-state index contributed by atoms with van der Waals surface area (Å²) in [5.74, 6) is -1.02. The van der Waals surface area contributed by atoms with E-state index in [1.54, 1.807) is 6.08 Å². The summed E-state index contributed by atoms with van der Waals surface area (Å²) in [7, 11) is 0. The van der Waals surface area contributed by atoms with Crippen LogP contribution in [0.5, 0.6) is 0 Å². The number of hydrogen-bond acceptors (Lipinski definition) is 4. The molecule has 144 valence electrons. The van der Waals surface area contributed by atoms with Gasteiger partial charge < -0.3 is 9.47 Å². The highest BCUT2D eigenvalue weighted by atomic mass is 16.5. The number of unbranched alkanes of at least 4 members (excludes halogenated alkanes) is 9. The zero-order valence-corrected chi connectivity index (χ0v) is 16.4. The Bertz CT molecular complexity index is 406. The molecule has 0 heterocycles. The maximum absolute atomic E-state index is 11.5. The molecule has 0 fully saturated rings. The zero-order chi connectivity index (χ0) is 18.8. The van der Waals surface area contributed by atoms with Crippen LogP contribution in [-0.4, -0.2) is 25.2 Å². The zero-order valence-electron chi connectivity index (χ0n) is 16.4. The molecule has 0 spiro atoms. The van der Waals surface area contributed by atoms with Gasteiger partial charge in [-0.3, -0.25) is 0 Å². The van der Waals surface area contributed by atoms with E-state index in [0.29, 0.717) is 6.61 Å². The Morgan fingerprint density at radius 3 is 1.72 bits per heavy atom. The summed E-state index contributed by atoms with van der Waals surface area (Å²) in [4.78, 5) is 22.8. The predicted octanol–water partition coefficient (Wildman–Crippen LogP) is 5.52. The van der Waals surface area contributed by atoms with Crippen molar-refractivity contribution in [3.63, 3.8) is 0 Å². The van der Waals surface area contributed by atoms with E-state index in [0.717, 1.165) is 30.6 Å². The van der Waals surface area contributed by atoms with Crippen LogP contribution < -0.4 is 0 Å². The summed E-state index contributed by atoms with van der Waals surface area (Å²) >= 11 is 0. The number of esters is 2. The van der Waals surface area contributed by atoms with E-state index < -0.39 is 11.9 Å². The molecule has 4 heteroatoms. The van der Waals surface area contributed by atoms with E-state index in [1.807, 2.05) is 13.8 Å². The summed E-state index contributed by atoms with van der Waals surface area (Å²) in [6, 6.07) is 0. The molecule has 4 nitrogen and oxygen atoms in total. The molecule has 0 aromatic rings. The Labute approximate surface area is 153 Å².